The van der Waals surface area contributed by atoms with E-state index in [4.69, 9.17) is 0 Å². The number of hydrogen-bond acceptors (Lipinski definition) is 4. The normalized spacial score (nSPS) is 17.7. The quantitative estimate of drug-likeness (QED) is 0.797. The molecule has 15 heavy (non-hydrogen) atoms. The zero-order chi connectivity index (χ0) is 9.73. The zero-order valence-electron chi connectivity index (χ0n) is 8.94. The molecule has 0 aromatic carbocycles. The van der Waals surface area contributed by atoms with Crippen LogP contribution in [0, 0.1) is 0 Å². The lowest BCUT2D eigenvalue weighted by Crippen LogP contribution is -2.44. The van der Waals surface area contributed by atoms with E-state index in [0.717, 1.165) is 39.1 Å². The molecule has 0 aromatic rings. The van der Waals surface area contributed by atoms with Gasteiger partial charge in [0.2, 0.25) is 0 Å². The molecule has 7 heteroatoms. The highest BCUT2D eigenvalue weighted by atomic mass is 35.5. The maximum Gasteiger partial charge on any atom is 0.147 e. The molecule has 0 radical (unpaired) electrons. The largest absolute Gasteiger partial charge is 0.314 e. The maximum atomic E-state index is 10.8. The Hall–Kier alpha value is 0.450. The van der Waals surface area contributed by atoms with Gasteiger partial charge in [-0.25, -0.2) is 8.42 Å². The SMILES string of the molecule is CS(=O)(=O)CCCN1CCNCC1.Cl.Cl. The van der Waals surface area contributed by atoms with Gasteiger partial charge in [-0.05, 0) is 13.0 Å². The summed E-state index contributed by atoms with van der Waals surface area (Å²) in [5.74, 6) is 0.316. The summed E-state index contributed by atoms with van der Waals surface area (Å²) in [5.41, 5.74) is 0. The molecule has 0 bridgehead atoms. The van der Waals surface area contributed by atoms with Crippen molar-refractivity contribution in [1.29, 1.82) is 0 Å². The fraction of sp³-hybridized carbons (Fsp3) is 1.00. The summed E-state index contributed by atoms with van der Waals surface area (Å²) in [6.45, 7) is 5.06. The minimum absolute atomic E-state index is 0. The Kier molecular flexibility index (Phi) is 10.2. The molecule has 0 aromatic heterocycles. The van der Waals surface area contributed by atoms with Crippen LogP contribution < -0.4 is 5.32 Å². The van der Waals surface area contributed by atoms with E-state index in [1.165, 1.54) is 6.26 Å². The van der Waals surface area contributed by atoms with Gasteiger partial charge in [0, 0.05) is 32.4 Å². The summed E-state index contributed by atoms with van der Waals surface area (Å²) < 4.78 is 21.7. The molecular weight excluding hydrogens is 259 g/mol. The molecule has 1 saturated heterocycles. The van der Waals surface area contributed by atoms with Crippen LogP contribution >= 0.6 is 24.8 Å². The van der Waals surface area contributed by atoms with E-state index in [2.05, 4.69) is 10.2 Å². The molecule has 94 valence electrons. The van der Waals surface area contributed by atoms with Crippen LogP contribution in [0.1, 0.15) is 6.42 Å². The highest BCUT2D eigenvalue weighted by molar-refractivity contribution is 7.90. The number of rotatable bonds is 4. The Morgan fingerprint density at radius 1 is 1.20 bits per heavy atom. The fourth-order valence-corrected chi connectivity index (χ4v) is 2.14. The monoisotopic (exact) mass is 278 g/mol. The first-order chi connectivity index (χ1) is 6.08. The third-order valence-electron chi connectivity index (χ3n) is 2.20. The predicted octanol–water partition coefficient (Wildman–Crippen LogP) is 0.170. The summed E-state index contributed by atoms with van der Waals surface area (Å²) >= 11 is 0. The second kappa shape index (κ2) is 8.58. The van der Waals surface area contributed by atoms with Crippen molar-refractivity contribution in [3.8, 4) is 0 Å². The highest BCUT2D eigenvalue weighted by Crippen LogP contribution is 1.96. The number of piperazine rings is 1. The van der Waals surface area contributed by atoms with E-state index in [9.17, 15) is 8.42 Å². The summed E-state index contributed by atoms with van der Waals surface area (Å²) in [5, 5.41) is 3.26. The van der Waals surface area contributed by atoms with Crippen molar-refractivity contribution in [3.63, 3.8) is 0 Å². The molecule has 0 aliphatic carbocycles. The van der Waals surface area contributed by atoms with Gasteiger partial charge in [-0.1, -0.05) is 0 Å². The van der Waals surface area contributed by atoms with E-state index >= 15 is 0 Å². The summed E-state index contributed by atoms with van der Waals surface area (Å²) in [6, 6.07) is 0. The van der Waals surface area contributed by atoms with Crippen LogP contribution in [0.4, 0.5) is 0 Å². The molecule has 1 fully saturated rings. The van der Waals surface area contributed by atoms with Crippen LogP contribution in [0.25, 0.3) is 0 Å². The Bertz CT molecular complexity index is 241. The standard InChI is InChI=1S/C8H18N2O2S.2ClH/c1-13(11,12)8-2-5-10-6-3-9-4-7-10;;/h9H,2-8H2,1H3;2*1H. The highest BCUT2D eigenvalue weighted by Gasteiger charge is 2.09. The van der Waals surface area contributed by atoms with Crippen molar-refractivity contribution in [2.24, 2.45) is 0 Å². The Morgan fingerprint density at radius 3 is 2.20 bits per heavy atom. The molecule has 1 aliphatic heterocycles. The molecule has 1 N–H and O–H groups in total. The minimum Gasteiger partial charge on any atom is -0.314 e. The summed E-state index contributed by atoms with van der Waals surface area (Å²) in [4.78, 5) is 2.31. The minimum atomic E-state index is -2.77. The van der Waals surface area contributed by atoms with E-state index < -0.39 is 9.84 Å². The maximum absolute atomic E-state index is 10.8. The topological polar surface area (TPSA) is 49.4 Å². The van der Waals surface area contributed by atoms with Gasteiger partial charge >= 0.3 is 0 Å². The molecule has 1 rings (SSSR count). The van der Waals surface area contributed by atoms with E-state index in [0.29, 0.717) is 5.75 Å². The average molecular weight is 279 g/mol. The van der Waals surface area contributed by atoms with Gasteiger partial charge in [-0.2, -0.15) is 0 Å². The van der Waals surface area contributed by atoms with Gasteiger partial charge in [-0.15, -0.1) is 24.8 Å². The molecule has 0 unspecified atom stereocenters. The number of hydrogen-bond donors (Lipinski definition) is 1. The smallest absolute Gasteiger partial charge is 0.147 e. The Balaban J connectivity index is 0. The third kappa shape index (κ3) is 9.38. The number of sulfone groups is 1. The molecule has 4 nitrogen and oxygen atoms in total. The third-order valence-corrected chi connectivity index (χ3v) is 3.23. The van der Waals surface area contributed by atoms with Crippen molar-refractivity contribution in [1.82, 2.24) is 10.2 Å². The van der Waals surface area contributed by atoms with Gasteiger partial charge in [0.05, 0.1) is 5.75 Å². The van der Waals surface area contributed by atoms with Crippen molar-refractivity contribution < 1.29 is 8.42 Å². The summed E-state index contributed by atoms with van der Waals surface area (Å²) in [7, 11) is -2.77. The van der Waals surface area contributed by atoms with Crippen LogP contribution in [0.5, 0.6) is 0 Å². The predicted molar refractivity (Wildman–Crippen MR) is 68.1 cm³/mol. The van der Waals surface area contributed by atoms with Gasteiger partial charge < -0.3 is 10.2 Å². The lowest BCUT2D eigenvalue weighted by molar-refractivity contribution is 0.242. The van der Waals surface area contributed by atoms with Crippen molar-refractivity contribution in [2.75, 3.05) is 44.7 Å². The summed E-state index contributed by atoms with van der Waals surface area (Å²) in [6.07, 6.45) is 2.06. The fourth-order valence-electron chi connectivity index (χ4n) is 1.49. The van der Waals surface area contributed by atoms with E-state index in [1.54, 1.807) is 0 Å². The van der Waals surface area contributed by atoms with Crippen molar-refractivity contribution >= 4 is 34.7 Å². The number of nitrogens with one attached hydrogen (secondary N) is 1. The van der Waals surface area contributed by atoms with Gasteiger partial charge in [0.15, 0.2) is 0 Å². The van der Waals surface area contributed by atoms with Crippen LogP contribution in [-0.2, 0) is 9.84 Å². The average Bonchev–Trinajstić information content (AvgIpc) is 2.04. The van der Waals surface area contributed by atoms with Gasteiger partial charge in [0.25, 0.3) is 0 Å². The first-order valence-corrected chi connectivity index (χ1v) is 6.75. The Labute approximate surface area is 105 Å². The van der Waals surface area contributed by atoms with E-state index in [1.807, 2.05) is 0 Å². The first kappa shape index (κ1) is 17.8. The van der Waals surface area contributed by atoms with Crippen molar-refractivity contribution in [3.05, 3.63) is 0 Å². The van der Waals surface area contributed by atoms with Crippen LogP contribution in [0.15, 0.2) is 0 Å². The second-order valence-corrected chi connectivity index (χ2v) is 5.83. The molecule has 0 atom stereocenters. The lowest BCUT2D eigenvalue weighted by Gasteiger charge is -2.26. The zero-order valence-corrected chi connectivity index (χ0v) is 11.4. The van der Waals surface area contributed by atoms with Crippen molar-refractivity contribution in [2.45, 2.75) is 6.42 Å². The molecule has 1 aliphatic rings. The molecule has 1 heterocycles. The molecule has 0 saturated carbocycles. The van der Waals surface area contributed by atoms with E-state index in [-0.39, 0.29) is 24.8 Å². The first-order valence-electron chi connectivity index (χ1n) is 4.69. The van der Waals surface area contributed by atoms with Crippen LogP contribution in [-0.4, -0.2) is 58.1 Å². The molecule has 0 amide bonds. The lowest BCUT2D eigenvalue weighted by atomic mass is 10.3. The molecular formula is C8H20Cl2N2O2S. The Morgan fingerprint density at radius 2 is 1.73 bits per heavy atom. The van der Waals surface area contributed by atoms with Gasteiger partial charge in [-0.3, -0.25) is 0 Å². The van der Waals surface area contributed by atoms with Crippen LogP contribution in [0.3, 0.4) is 0 Å². The number of halogens is 2. The second-order valence-electron chi connectivity index (χ2n) is 3.58. The molecule has 0 spiro atoms. The number of nitrogens with zero attached hydrogens (tertiary/aromatic N) is 1. The van der Waals surface area contributed by atoms with Crippen LogP contribution in [0.2, 0.25) is 0 Å². The van der Waals surface area contributed by atoms with Gasteiger partial charge in [0.1, 0.15) is 9.84 Å².